The maximum absolute atomic E-state index is 14.1. The molecule has 0 saturated heterocycles. The fraction of sp³-hybridized carbons (Fsp3) is 0.333. The molecule has 1 N–H and O–H groups in total. The van der Waals surface area contributed by atoms with Gasteiger partial charge in [-0.2, -0.15) is 0 Å². The van der Waals surface area contributed by atoms with Gasteiger partial charge in [0.05, 0.1) is 11.1 Å². The summed E-state index contributed by atoms with van der Waals surface area (Å²) in [5, 5.41) is 5.75. The largest absolute Gasteiger partial charge is 0.305 e. The van der Waals surface area contributed by atoms with E-state index < -0.39 is 11.6 Å². The molecule has 1 aromatic carbocycles. The van der Waals surface area contributed by atoms with Gasteiger partial charge in [-0.25, -0.2) is 8.78 Å². The number of benzene rings is 1. The van der Waals surface area contributed by atoms with Crippen molar-refractivity contribution in [3.63, 3.8) is 0 Å². The van der Waals surface area contributed by atoms with Crippen molar-refractivity contribution in [1.82, 2.24) is 5.32 Å². The van der Waals surface area contributed by atoms with Gasteiger partial charge in [-0.3, -0.25) is 0 Å². The zero-order chi connectivity index (χ0) is 14.7. The van der Waals surface area contributed by atoms with Gasteiger partial charge in [0.15, 0.2) is 0 Å². The van der Waals surface area contributed by atoms with E-state index in [4.69, 9.17) is 11.6 Å². The molecule has 5 heteroatoms. The quantitative estimate of drug-likeness (QED) is 0.811. The summed E-state index contributed by atoms with van der Waals surface area (Å²) >= 11 is 7.63. The van der Waals surface area contributed by atoms with Crippen LogP contribution in [0.2, 0.25) is 5.02 Å². The van der Waals surface area contributed by atoms with Crippen molar-refractivity contribution in [3.05, 3.63) is 56.2 Å². The molecule has 0 saturated carbocycles. The summed E-state index contributed by atoms with van der Waals surface area (Å²) in [7, 11) is 0. The normalized spacial score (nSPS) is 12.7. The first-order valence-corrected chi connectivity index (χ1v) is 7.72. The van der Waals surface area contributed by atoms with Crippen LogP contribution in [0.25, 0.3) is 0 Å². The fourth-order valence-electron chi connectivity index (χ4n) is 2.04. The fourth-order valence-corrected chi connectivity index (χ4v) is 3.30. The van der Waals surface area contributed by atoms with E-state index in [-0.39, 0.29) is 6.04 Å². The summed E-state index contributed by atoms with van der Waals surface area (Å²) in [6.07, 6.45) is 0.918. The van der Waals surface area contributed by atoms with Crippen LogP contribution in [-0.4, -0.2) is 6.54 Å². The SMILES string of the molecule is CCCNC(c1cc(C)c(F)cc1F)c1sccc1Cl. The standard InChI is InChI=1S/C15H16ClF2NS/c1-3-5-19-14(15-11(16)4-6-20-15)10-7-9(2)12(17)8-13(10)18/h4,6-8,14,19H,3,5H2,1-2H3. The van der Waals surface area contributed by atoms with Crippen LogP contribution >= 0.6 is 22.9 Å². The molecule has 2 rings (SSSR count). The van der Waals surface area contributed by atoms with Crippen molar-refractivity contribution >= 4 is 22.9 Å². The first-order chi connectivity index (χ1) is 9.54. The number of thiophene rings is 1. The Morgan fingerprint density at radius 3 is 2.65 bits per heavy atom. The third-order valence-corrected chi connectivity index (χ3v) is 4.52. The van der Waals surface area contributed by atoms with Gasteiger partial charge in [0.1, 0.15) is 11.6 Å². The third kappa shape index (κ3) is 3.19. The molecule has 20 heavy (non-hydrogen) atoms. The molecule has 1 atom stereocenters. The second-order valence-corrected chi connectivity index (χ2v) is 6.00. The van der Waals surface area contributed by atoms with Crippen LogP contribution in [0.5, 0.6) is 0 Å². The summed E-state index contributed by atoms with van der Waals surface area (Å²) < 4.78 is 27.5. The summed E-state index contributed by atoms with van der Waals surface area (Å²) in [6.45, 7) is 4.40. The van der Waals surface area contributed by atoms with E-state index in [1.165, 1.54) is 11.3 Å². The van der Waals surface area contributed by atoms with Gasteiger partial charge in [0.2, 0.25) is 0 Å². The Balaban J connectivity index is 2.46. The minimum atomic E-state index is -0.550. The van der Waals surface area contributed by atoms with Crippen molar-refractivity contribution < 1.29 is 8.78 Å². The second kappa shape index (κ2) is 6.66. The predicted molar refractivity (Wildman–Crippen MR) is 80.6 cm³/mol. The van der Waals surface area contributed by atoms with Gasteiger partial charge < -0.3 is 5.32 Å². The Labute approximate surface area is 126 Å². The molecule has 0 radical (unpaired) electrons. The lowest BCUT2D eigenvalue weighted by molar-refractivity contribution is 0.533. The molecular weight excluding hydrogens is 300 g/mol. The average Bonchev–Trinajstić information content (AvgIpc) is 2.82. The van der Waals surface area contributed by atoms with Gasteiger partial charge in [0.25, 0.3) is 0 Å². The Morgan fingerprint density at radius 1 is 1.30 bits per heavy atom. The maximum atomic E-state index is 14.1. The molecular formula is C15H16ClF2NS. The van der Waals surface area contributed by atoms with Gasteiger partial charge in [-0.05, 0) is 43.0 Å². The van der Waals surface area contributed by atoms with Crippen molar-refractivity contribution in [2.75, 3.05) is 6.54 Å². The molecule has 1 aromatic heterocycles. The van der Waals surface area contributed by atoms with Crippen LogP contribution in [-0.2, 0) is 0 Å². The topological polar surface area (TPSA) is 12.0 Å². The minimum absolute atomic E-state index is 0.346. The molecule has 0 aliphatic rings. The first-order valence-electron chi connectivity index (χ1n) is 6.46. The van der Waals surface area contributed by atoms with Crippen molar-refractivity contribution in [3.8, 4) is 0 Å². The molecule has 108 valence electrons. The molecule has 0 fully saturated rings. The Hall–Kier alpha value is -0.970. The molecule has 2 aromatic rings. The van der Waals surface area contributed by atoms with Gasteiger partial charge in [0, 0.05) is 16.5 Å². The van der Waals surface area contributed by atoms with Crippen LogP contribution in [0.15, 0.2) is 23.6 Å². The highest BCUT2D eigenvalue weighted by Crippen LogP contribution is 2.34. The Morgan fingerprint density at radius 2 is 2.05 bits per heavy atom. The zero-order valence-corrected chi connectivity index (χ0v) is 12.9. The molecule has 0 aliphatic carbocycles. The summed E-state index contributed by atoms with van der Waals surface area (Å²) in [4.78, 5) is 0.852. The van der Waals surface area contributed by atoms with Gasteiger partial charge in [-0.1, -0.05) is 18.5 Å². The number of nitrogens with one attached hydrogen (secondary N) is 1. The van der Waals surface area contributed by atoms with Crippen LogP contribution in [0.4, 0.5) is 8.78 Å². The highest BCUT2D eigenvalue weighted by atomic mass is 35.5. The highest BCUT2D eigenvalue weighted by molar-refractivity contribution is 7.10. The van der Waals surface area contributed by atoms with Crippen molar-refractivity contribution in [1.29, 1.82) is 0 Å². The molecule has 1 nitrogen and oxygen atoms in total. The lowest BCUT2D eigenvalue weighted by atomic mass is 10.0. The number of aryl methyl sites for hydroxylation is 1. The van der Waals surface area contributed by atoms with Crippen LogP contribution in [0.3, 0.4) is 0 Å². The Kier molecular flexibility index (Phi) is 5.13. The zero-order valence-electron chi connectivity index (χ0n) is 11.3. The summed E-state index contributed by atoms with van der Waals surface area (Å²) in [5.74, 6) is -1.08. The number of hydrogen-bond donors (Lipinski definition) is 1. The maximum Gasteiger partial charge on any atom is 0.131 e. The van der Waals surface area contributed by atoms with Crippen LogP contribution in [0, 0.1) is 18.6 Å². The number of rotatable bonds is 5. The monoisotopic (exact) mass is 315 g/mol. The summed E-state index contributed by atoms with van der Waals surface area (Å²) in [6, 6.07) is 3.93. The molecule has 0 bridgehead atoms. The van der Waals surface area contributed by atoms with E-state index in [9.17, 15) is 8.78 Å². The van der Waals surface area contributed by atoms with E-state index in [2.05, 4.69) is 5.32 Å². The van der Waals surface area contributed by atoms with E-state index in [0.29, 0.717) is 16.1 Å². The van der Waals surface area contributed by atoms with Gasteiger partial charge >= 0.3 is 0 Å². The van der Waals surface area contributed by atoms with Gasteiger partial charge in [-0.15, -0.1) is 11.3 Å². The average molecular weight is 316 g/mol. The molecule has 0 aliphatic heterocycles. The first kappa shape index (κ1) is 15.4. The molecule has 1 heterocycles. The lowest BCUT2D eigenvalue weighted by Crippen LogP contribution is -2.24. The molecule has 1 unspecified atom stereocenters. The third-order valence-electron chi connectivity index (χ3n) is 3.09. The van der Waals surface area contributed by atoms with E-state index in [1.54, 1.807) is 19.1 Å². The lowest BCUT2D eigenvalue weighted by Gasteiger charge is -2.19. The van der Waals surface area contributed by atoms with Crippen molar-refractivity contribution in [2.45, 2.75) is 26.3 Å². The molecule has 0 amide bonds. The Bertz CT molecular complexity index is 598. The minimum Gasteiger partial charge on any atom is -0.305 e. The van der Waals surface area contributed by atoms with E-state index in [0.717, 1.165) is 23.9 Å². The summed E-state index contributed by atoms with van der Waals surface area (Å²) in [5.41, 5.74) is 0.860. The number of hydrogen-bond acceptors (Lipinski definition) is 2. The van der Waals surface area contributed by atoms with Crippen molar-refractivity contribution in [2.24, 2.45) is 0 Å². The number of halogens is 3. The highest BCUT2D eigenvalue weighted by Gasteiger charge is 2.22. The van der Waals surface area contributed by atoms with Crippen LogP contribution in [0.1, 0.15) is 35.4 Å². The van der Waals surface area contributed by atoms with Crippen LogP contribution < -0.4 is 5.32 Å². The predicted octanol–water partition coefficient (Wildman–Crippen LogP) is 5.08. The smallest absolute Gasteiger partial charge is 0.131 e. The van der Waals surface area contributed by atoms with E-state index >= 15 is 0 Å². The van der Waals surface area contributed by atoms with E-state index in [1.807, 2.05) is 12.3 Å². The second-order valence-electron chi connectivity index (χ2n) is 4.64. The molecule has 0 spiro atoms.